The lowest BCUT2D eigenvalue weighted by Gasteiger charge is -2.20. The summed E-state index contributed by atoms with van der Waals surface area (Å²) >= 11 is 0. The Morgan fingerprint density at radius 2 is 0.779 bits per heavy atom. The lowest BCUT2D eigenvalue weighted by molar-refractivity contribution is -0.154. The third kappa shape index (κ3) is 55.9. The van der Waals surface area contributed by atoms with E-state index >= 15 is 0 Å². The average Bonchev–Trinajstić information content (AvgIpc) is 3.33. The minimum Gasteiger partial charge on any atom is -0.457 e. The molecule has 0 aliphatic heterocycles. The van der Waals surface area contributed by atoms with Crippen molar-refractivity contribution in [2.24, 2.45) is 5.73 Å². The van der Waals surface area contributed by atoms with Crippen molar-refractivity contribution >= 4 is 13.8 Å². The number of allylic oxidation sites excluding steroid dienone is 4. The van der Waals surface area contributed by atoms with Crippen molar-refractivity contribution in [2.45, 2.75) is 315 Å². The summed E-state index contributed by atoms with van der Waals surface area (Å²) < 4.78 is 33.7. The molecule has 0 amide bonds. The van der Waals surface area contributed by atoms with Crippen LogP contribution in [0.5, 0.6) is 0 Å². The number of phosphoric acid groups is 1. The van der Waals surface area contributed by atoms with Gasteiger partial charge in [0.25, 0.3) is 0 Å². The summed E-state index contributed by atoms with van der Waals surface area (Å²) in [7, 11) is -4.28. The largest absolute Gasteiger partial charge is 0.472 e. The summed E-state index contributed by atoms with van der Waals surface area (Å²) in [5.74, 6) is -0.322. The van der Waals surface area contributed by atoms with E-state index in [0.717, 1.165) is 38.5 Å². The quantitative estimate of drug-likeness (QED) is 0.0268. The second-order valence-electron chi connectivity index (χ2n) is 20.2. The molecule has 0 saturated carbocycles. The van der Waals surface area contributed by atoms with Crippen LogP contribution in [-0.2, 0) is 27.9 Å². The van der Waals surface area contributed by atoms with Gasteiger partial charge >= 0.3 is 13.8 Å². The number of carbonyl (C=O) groups is 1. The van der Waals surface area contributed by atoms with Crippen molar-refractivity contribution in [3.05, 3.63) is 24.3 Å². The number of hydrogen-bond donors (Lipinski definition) is 2. The van der Waals surface area contributed by atoms with Gasteiger partial charge in [0, 0.05) is 19.6 Å². The van der Waals surface area contributed by atoms with Crippen molar-refractivity contribution in [1.29, 1.82) is 0 Å². The van der Waals surface area contributed by atoms with E-state index in [2.05, 4.69) is 38.2 Å². The molecule has 8 nitrogen and oxygen atoms in total. The van der Waals surface area contributed by atoms with E-state index in [4.69, 9.17) is 24.3 Å². The number of phosphoric ester groups is 1. The Bertz CT molecular complexity index is 1100. The molecule has 2 atom stereocenters. The molecule has 404 valence electrons. The highest BCUT2D eigenvalue weighted by molar-refractivity contribution is 7.47. The van der Waals surface area contributed by atoms with E-state index in [0.29, 0.717) is 13.0 Å². The van der Waals surface area contributed by atoms with E-state index in [-0.39, 0.29) is 32.3 Å². The van der Waals surface area contributed by atoms with Gasteiger partial charge in [0.2, 0.25) is 0 Å². The molecule has 0 heterocycles. The van der Waals surface area contributed by atoms with Gasteiger partial charge in [-0.15, -0.1) is 0 Å². The summed E-state index contributed by atoms with van der Waals surface area (Å²) in [5.41, 5.74) is 5.41. The predicted molar refractivity (Wildman–Crippen MR) is 293 cm³/mol. The molecule has 0 rings (SSSR count). The fourth-order valence-electron chi connectivity index (χ4n) is 8.97. The van der Waals surface area contributed by atoms with Crippen molar-refractivity contribution in [1.82, 2.24) is 0 Å². The van der Waals surface area contributed by atoms with Crippen molar-refractivity contribution in [2.75, 3.05) is 33.0 Å². The number of unbranched alkanes of at least 4 members (excludes halogenated alkanes) is 41. The van der Waals surface area contributed by atoms with Crippen LogP contribution in [0.25, 0.3) is 0 Å². The predicted octanol–water partition coefficient (Wildman–Crippen LogP) is 19.1. The van der Waals surface area contributed by atoms with Gasteiger partial charge in [-0.3, -0.25) is 13.8 Å². The molecule has 0 aliphatic rings. The first-order chi connectivity index (χ1) is 33.4. The maximum absolute atomic E-state index is 12.7. The minimum atomic E-state index is -4.28. The maximum Gasteiger partial charge on any atom is 0.472 e. The lowest BCUT2D eigenvalue weighted by Crippen LogP contribution is -2.28. The van der Waals surface area contributed by atoms with Crippen LogP contribution in [0.2, 0.25) is 0 Å². The monoisotopic (exact) mass is 982 g/mol. The van der Waals surface area contributed by atoms with Crippen molar-refractivity contribution in [3.63, 3.8) is 0 Å². The van der Waals surface area contributed by atoms with Crippen molar-refractivity contribution in [3.8, 4) is 0 Å². The number of carbonyl (C=O) groups excluding carboxylic acids is 1. The molecule has 68 heavy (non-hydrogen) atoms. The summed E-state index contributed by atoms with van der Waals surface area (Å²) in [6, 6.07) is 0. The Kier molecular flexibility index (Phi) is 56.0. The molecule has 0 aromatic heterocycles. The molecule has 0 aromatic carbocycles. The van der Waals surface area contributed by atoms with Crippen LogP contribution in [-0.4, -0.2) is 49.9 Å². The van der Waals surface area contributed by atoms with Crippen LogP contribution in [0.3, 0.4) is 0 Å². The second-order valence-corrected chi connectivity index (χ2v) is 21.7. The third-order valence-corrected chi connectivity index (χ3v) is 14.4. The van der Waals surface area contributed by atoms with E-state index in [1.54, 1.807) is 0 Å². The first-order valence-corrected chi connectivity index (χ1v) is 31.3. The van der Waals surface area contributed by atoms with Crippen LogP contribution in [0.15, 0.2) is 24.3 Å². The normalized spacial score (nSPS) is 13.3. The van der Waals surface area contributed by atoms with E-state index in [1.165, 1.54) is 250 Å². The zero-order valence-electron chi connectivity index (χ0n) is 45.4. The summed E-state index contributed by atoms with van der Waals surface area (Å²) in [4.78, 5) is 22.7. The molecule has 0 saturated heterocycles. The standard InChI is InChI=1S/C59H116NO7P/c1-3-5-7-9-11-13-15-17-19-21-23-25-27-29-30-32-34-36-38-40-42-44-46-48-50-52-59(61)67-58(57-66-68(62,63)65-55-53-60)56-64-54-51-49-47-45-43-41-39-37-35-33-31-28-26-24-22-20-18-16-14-12-10-8-6-4-2/h16,18,22,24,58H,3-15,17,19-21,23,25-57,60H2,1-2H3,(H,62,63)/b18-16-,24-22-. The van der Waals surface area contributed by atoms with Crippen molar-refractivity contribution < 1.29 is 32.8 Å². The zero-order chi connectivity index (χ0) is 49.4. The number of ether oxygens (including phenoxy) is 2. The first-order valence-electron chi connectivity index (χ1n) is 29.8. The van der Waals surface area contributed by atoms with Gasteiger partial charge in [0.05, 0.1) is 19.8 Å². The highest BCUT2D eigenvalue weighted by atomic mass is 31.2. The van der Waals surface area contributed by atoms with Crippen LogP contribution >= 0.6 is 7.82 Å². The summed E-state index contributed by atoms with van der Waals surface area (Å²) in [5, 5.41) is 0. The average molecular weight is 983 g/mol. The highest BCUT2D eigenvalue weighted by Gasteiger charge is 2.25. The Balaban J connectivity index is 3.83. The molecule has 2 unspecified atom stereocenters. The third-order valence-electron chi connectivity index (χ3n) is 13.4. The van der Waals surface area contributed by atoms with E-state index in [1.807, 2.05) is 0 Å². The molecule has 0 spiro atoms. The fourth-order valence-corrected chi connectivity index (χ4v) is 9.74. The van der Waals surface area contributed by atoms with E-state index in [9.17, 15) is 14.3 Å². The van der Waals surface area contributed by atoms with Gasteiger partial charge in [0.1, 0.15) is 6.10 Å². The molecule has 9 heteroatoms. The minimum absolute atomic E-state index is 0.0926. The highest BCUT2D eigenvalue weighted by Crippen LogP contribution is 2.43. The van der Waals surface area contributed by atoms with Gasteiger partial charge in [-0.05, 0) is 44.9 Å². The molecule has 0 aliphatic carbocycles. The molecule has 0 bridgehead atoms. The Hall–Kier alpha value is -1.02. The summed E-state index contributed by atoms with van der Waals surface area (Å²) in [6.07, 6.45) is 68.1. The smallest absolute Gasteiger partial charge is 0.457 e. The topological polar surface area (TPSA) is 117 Å². The molecular formula is C59H116NO7P. The van der Waals surface area contributed by atoms with Crippen LogP contribution in [0.4, 0.5) is 0 Å². The van der Waals surface area contributed by atoms with Crippen LogP contribution < -0.4 is 5.73 Å². The van der Waals surface area contributed by atoms with Gasteiger partial charge in [-0.25, -0.2) is 4.57 Å². The fraction of sp³-hybridized carbons (Fsp3) is 0.915. The number of nitrogens with two attached hydrogens (primary N) is 1. The number of rotatable bonds is 58. The van der Waals surface area contributed by atoms with Gasteiger partial charge in [-0.1, -0.05) is 282 Å². The lowest BCUT2D eigenvalue weighted by atomic mass is 10.0. The SMILES string of the molecule is CCCCCCC/C=C\C/C=C\CCCCCCCCCCCCCCOCC(COP(=O)(O)OCCN)OC(=O)CCCCCCCCCCCCCCCCCCCCCCCCCCC. The van der Waals surface area contributed by atoms with Crippen LogP contribution in [0, 0.1) is 0 Å². The van der Waals surface area contributed by atoms with Gasteiger partial charge in [0.15, 0.2) is 0 Å². The Labute approximate surface area is 423 Å². The second kappa shape index (κ2) is 56.9. The molecule has 0 fully saturated rings. The Morgan fingerprint density at radius 3 is 1.15 bits per heavy atom. The molecule has 0 radical (unpaired) electrons. The summed E-state index contributed by atoms with van der Waals surface area (Å²) in [6.45, 7) is 4.99. The Morgan fingerprint density at radius 1 is 0.441 bits per heavy atom. The van der Waals surface area contributed by atoms with E-state index < -0.39 is 13.9 Å². The van der Waals surface area contributed by atoms with Crippen LogP contribution in [0.1, 0.15) is 309 Å². The molecule has 3 N–H and O–H groups in total. The van der Waals surface area contributed by atoms with Gasteiger partial charge in [-0.2, -0.15) is 0 Å². The van der Waals surface area contributed by atoms with Gasteiger partial charge < -0.3 is 20.1 Å². The zero-order valence-corrected chi connectivity index (χ0v) is 46.3. The first kappa shape index (κ1) is 67.0. The molecule has 0 aromatic rings. The molecular weight excluding hydrogens is 866 g/mol. The maximum atomic E-state index is 12.7. The number of esters is 1. The number of hydrogen-bond acceptors (Lipinski definition) is 7.